The Kier molecular flexibility index (Phi) is 2.24. The third-order valence-corrected chi connectivity index (χ3v) is 1.77. The minimum Gasteiger partial charge on any atom is -0.488 e. The lowest BCUT2D eigenvalue weighted by molar-refractivity contribution is 0.324. The second-order valence-electron chi connectivity index (χ2n) is 2.75. The van der Waals surface area contributed by atoms with Crippen LogP contribution in [0.2, 0.25) is 0 Å². The Labute approximate surface area is 79.5 Å². The number of oxazole rings is 1. The predicted molar refractivity (Wildman–Crippen MR) is 50.3 cm³/mol. The molecule has 0 saturated carbocycles. The number of hydrogen-bond acceptors (Lipinski definition) is 3. The van der Waals surface area contributed by atoms with E-state index in [-0.39, 0.29) is 13.2 Å². The summed E-state index contributed by atoms with van der Waals surface area (Å²) in [4.78, 5) is 13.4. The summed E-state index contributed by atoms with van der Waals surface area (Å²) in [5.74, 6) is -0.00461. The Morgan fingerprint density at radius 1 is 1.50 bits per heavy atom. The zero-order chi connectivity index (χ0) is 9.97. The molecule has 1 heterocycles. The largest absolute Gasteiger partial charge is 0.488 e. The van der Waals surface area contributed by atoms with Crippen molar-refractivity contribution in [3.63, 3.8) is 0 Å². The molecule has 0 spiro atoms. The first-order valence-electron chi connectivity index (χ1n) is 4.20. The normalized spacial score (nSPS) is 10.6. The van der Waals surface area contributed by atoms with E-state index in [4.69, 9.17) is 14.9 Å². The first-order chi connectivity index (χ1) is 6.81. The number of benzene rings is 1. The van der Waals surface area contributed by atoms with Crippen LogP contribution in [-0.4, -0.2) is 18.1 Å². The average Bonchev–Trinajstić information content (AvgIpc) is 2.55. The molecule has 0 aliphatic heterocycles. The van der Waals surface area contributed by atoms with Crippen molar-refractivity contribution in [1.29, 1.82) is 0 Å². The Morgan fingerprint density at radius 2 is 2.36 bits per heavy atom. The molecule has 5 nitrogen and oxygen atoms in total. The Balaban J connectivity index is 2.47. The summed E-state index contributed by atoms with van der Waals surface area (Å²) in [6, 6.07) is 5.19. The fourth-order valence-corrected chi connectivity index (χ4v) is 1.22. The summed E-state index contributed by atoms with van der Waals surface area (Å²) in [6.45, 7) is 0.457. The molecule has 2 N–H and O–H groups in total. The molecule has 0 aliphatic carbocycles. The van der Waals surface area contributed by atoms with Crippen molar-refractivity contribution >= 4 is 11.1 Å². The molecule has 0 bridgehead atoms. The molecule has 0 fully saturated rings. The number of H-pyrrole nitrogens is 1. The molecular formula is C9H9N2O3. The molecule has 2 rings (SSSR count). The smallest absolute Gasteiger partial charge is 0.417 e. The third kappa shape index (κ3) is 1.49. The average molecular weight is 193 g/mol. The minimum atomic E-state index is -0.498. The lowest BCUT2D eigenvalue weighted by atomic mass is 10.3. The van der Waals surface area contributed by atoms with Gasteiger partial charge < -0.3 is 9.15 Å². The zero-order valence-corrected chi connectivity index (χ0v) is 7.37. The molecule has 1 aromatic heterocycles. The maximum atomic E-state index is 10.9. The fraction of sp³-hybridized carbons (Fsp3) is 0.222. The van der Waals surface area contributed by atoms with Crippen molar-refractivity contribution in [1.82, 2.24) is 10.7 Å². The highest BCUT2D eigenvalue weighted by molar-refractivity contribution is 5.78. The highest BCUT2D eigenvalue weighted by Gasteiger charge is 2.06. The number of para-hydroxylation sites is 1. The van der Waals surface area contributed by atoms with Gasteiger partial charge in [0.15, 0.2) is 11.3 Å². The molecule has 14 heavy (non-hydrogen) atoms. The van der Waals surface area contributed by atoms with E-state index in [1.807, 2.05) is 0 Å². The van der Waals surface area contributed by atoms with Crippen LogP contribution in [0.15, 0.2) is 27.4 Å². The molecule has 0 saturated heterocycles. The summed E-state index contributed by atoms with van der Waals surface area (Å²) >= 11 is 0. The van der Waals surface area contributed by atoms with E-state index in [1.165, 1.54) is 0 Å². The molecular weight excluding hydrogens is 184 g/mol. The quantitative estimate of drug-likeness (QED) is 0.782. The topological polar surface area (TPSA) is 79.0 Å². The van der Waals surface area contributed by atoms with Gasteiger partial charge in [-0.05, 0) is 12.1 Å². The van der Waals surface area contributed by atoms with Gasteiger partial charge in [0.2, 0.25) is 0 Å². The molecule has 73 valence electrons. The number of aromatic amines is 1. The first-order valence-corrected chi connectivity index (χ1v) is 4.20. The fourth-order valence-electron chi connectivity index (χ4n) is 1.22. The van der Waals surface area contributed by atoms with E-state index in [9.17, 15) is 4.79 Å². The van der Waals surface area contributed by atoms with Crippen molar-refractivity contribution in [3.05, 3.63) is 28.7 Å². The minimum absolute atomic E-state index is 0.172. The molecule has 0 aliphatic rings. The van der Waals surface area contributed by atoms with E-state index in [1.54, 1.807) is 18.2 Å². The van der Waals surface area contributed by atoms with Crippen LogP contribution in [0.25, 0.3) is 11.1 Å². The molecule has 0 atom stereocenters. The molecule has 1 radical (unpaired) electrons. The first kappa shape index (κ1) is 8.83. The van der Waals surface area contributed by atoms with Gasteiger partial charge in [-0.15, -0.1) is 0 Å². The van der Waals surface area contributed by atoms with Crippen LogP contribution in [0.4, 0.5) is 0 Å². The van der Waals surface area contributed by atoms with Crippen LogP contribution in [0.5, 0.6) is 5.75 Å². The lowest BCUT2D eigenvalue weighted by Crippen LogP contribution is -2.02. The highest BCUT2D eigenvalue weighted by atomic mass is 16.5. The summed E-state index contributed by atoms with van der Waals surface area (Å²) in [5, 5.41) is 0. The summed E-state index contributed by atoms with van der Waals surface area (Å²) < 4.78 is 10.1. The number of rotatable bonds is 3. The molecule has 0 amide bonds. The van der Waals surface area contributed by atoms with Gasteiger partial charge in [0.25, 0.3) is 0 Å². The maximum absolute atomic E-state index is 10.9. The van der Waals surface area contributed by atoms with Gasteiger partial charge in [-0.2, -0.15) is 0 Å². The van der Waals surface area contributed by atoms with E-state index < -0.39 is 5.76 Å². The summed E-state index contributed by atoms with van der Waals surface area (Å²) in [6.07, 6.45) is 0. The molecule has 0 unspecified atom stereocenters. The van der Waals surface area contributed by atoms with Crippen molar-refractivity contribution in [3.8, 4) is 5.75 Å². The number of ether oxygens (including phenoxy) is 1. The van der Waals surface area contributed by atoms with Gasteiger partial charge in [0, 0.05) is 6.54 Å². The van der Waals surface area contributed by atoms with Gasteiger partial charge in [-0.25, -0.2) is 4.79 Å². The van der Waals surface area contributed by atoms with Crippen LogP contribution in [0.1, 0.15) is 0 Å². The summed E-state index contributed by atoms with van der Waals surface area (Å²) in [7, 11) is 0. The van der Waals surface area contributed by atoms with Crippen LogP contribution >= 0.6 is 0 Å². The van der Waals surface area contributed by atoms with Gasteiger partial charge in [-0.3, -0.25) is 10.7 Å². The number of hydrogen-bond donors (Lipinski definition) is 1. The lowest BCUT2D eigenvalue weighted by Gasteiger charge is -2.02. The standard InChI is InChI=1S/C9H9N2O3/c10-4-5-13-7-3-1-2-6-8(7)14-9(12)11-6/h1-3,10H,4-5H2,(H,11,12). The van der Waals surface area contributed by atoms with Crippen LogP contribution in [0.3, 0.4) is 0 Å². The van der Waals surface area contributed by atoms with Crippen molar-refractivity contribution in [2.45, 2.75) is 0 Å². The zero-order valence-electron chi connectivity index (χ0n) is 7.37. The molecule has 1 aromatic carbocycles. The van der Waals surface area contributed by atoms with Crippen LogP contribution < -0.4 is 16.2 Å². The van der Waals surface area contributed by atoms with Gasteiger partial charge >= 0.3 is 5.76 Å². The predicted octanol–water partition coefficient (Wildman–Crippen LogP) is 0.783. The van der Waals surface area contributed by atoms with Crippen LogP contribution in [-0.2, 0) is 0 Å². The number of aromatic nitrogens is 1. The van der Waals surface area contributed by atoms with Gasteiger partial charge in [0.1, 0.15) is 6.61 Å². The van der Waals surface area contributed by atoms with E-state index in [0.717, 1.165) is 0 Å². The van der Waals surface area contributed by atoms with Crippen LogP contribution in [0, 0.1) is 0 Å². The number of nitrogens with one attached hydrogen (secondary N) is 2. The van der Waals surface area contributed by atoms with Gasteiger partial charge in [-0.1, -0.05) is 6.07 Å². The maximum Gasteiger partial charge on any atom is 0.417 e. The number of fused-ring (bicyclic) bond motifs is 1. The van der Waals surface area contributed by atoms with Gasteiger partial charge in [0.05, 0.1) is 5.52 Å². The summed E-state index contributed by atoms with van der Waals surface area (Å²) in [5.41, 5.74) is 7.96. The van der Waals surface area contributed by atoms with Crippen molar-refractivity contribution in [2.24, 2.45) is 0 Å². The SMILES string of the molecule is [NH]CCOc1cccc2[nH]c(=O)oc12. The monoisotopic (exact) mass is 193 g/mol. The Bertz CT molecular complexity index is 486. The molecule has 2 aromatic rings. The molecule has 5 heteroatoms. The van der Waals surface area contributed by atoms with E-state index in [0.29, 0.717) is 16.8 Å². The Morgan fingerprint density at radius 3 is 3.14 bits per heavy atom. The Hall–Kier alpha value is -1.75. The second kappa shape index (κ2) is 3.55. The van der Waals surface area contributed by atoms with E-state index in [2.05, 4.69) is 4.98 Å². The second-order valence-corrected chi connectivity index (χ2v) is 2.75. The van der Waals surface area contributed by atoms with E-state index >= 15 is 0 Å². The third-order valence-electron chi connectivity index (χ3n) is 1.77. The van der Waals surface area contributed by atoms with Crippen molar-refractivity contribution in [2.75, 3.05) is 13.2 Å². The van der Waals surface area contributed by atoms with Crippen molar-refractivity contribution < 1.29 is 9.15 Å². The highest BCUT2D eigenvalue weighted by Crippen LogP contribution is 2.22.